The molecule has 0 fully saturated rings. The fourth-order valence-electron chi connectivity index (χ4n) is 7.49. The Balaban J connectivity index is 0.000000859. The maximum Gasteiger partial charge on any atom is 0.148 e. The van der Waals surface area contributed by atoms with Crippen LogP contribution >= 0.6 is 6.04 Å². The van der Waals surface area contributed by atoms with Crippen molar-refractivity contribution >= 4 is 55.3 Å². The van der Waals surface area contributed by atoms with Gasteiger partial charge in [0.05, 0.1) is 11.3 Å². The monoisotopic (exact) mass is 704 g/mol. The van der Waals surface area contributed by atoms with Crippen LogP contribution in [-0.4, -0.2) is 0 Å². The summed E-state index contributed by atoms with van der Waals surface area (Å²) in [5.74, 6) is 3.23. The predicted octanol–water partition coefficient (Wildman–Crippen LogP) is 12.3. The minimum absolute atomic E-state index is 0.779. The number of allylic oxidation sites excluding steroid dienone is 2. The molecule has 248 valence electrons. The van der Waals surface area contributed by atoms with Crippen LogP contribution in [0.2, 0.25) is 0 Å². The fraction of sp³-hybridized carbons (Fsp3) is 0. The van der Waals surface area contributed by atoms with Gasteiger partial charge in [0.2, 0.25) is 0 Å². The van der Waals surface area contributed by atoms with Gasteiger partial charge in [0, 0.05) is 16.2 Å². The van der Waals surface area contributed by atoms with Gasteiger partial charge in [-0.25, -0.2) is 0 Å². The SMILES string of the molecule is C=CC=C.S=P12c3c(ccc(-c4cc(-c5ccccc5)cc(-c5ccccc5)c4)c3Oc3ccc4ccccc4c31)Oc1ccc3ccccc3c12. The van der Waals surface area contributed by atoms with Crippen molar-refractivity contribution in [3.05, 3.63) is 189 Å². The van der Waals surface area contributed by atoms with Crippen LogP contribution in [0.15, 0.2) is 189 Å². The summed E-state index contributed by atoms with van der Waals surface area (Å²) < 4.78 is 13.9. The Morgan fingerprint density at radius 3 is 1.40 bits per heavy atom. The summed E-state index contributed by atoms with van der Waals surface area (Å²) >= 11 is 7.18. The Bertz CT molecular complexity index is 2640. The van der Waals surface area contributed by atoms with E-state index in [1.54, 1.807) is 12.2 Å². The summed E-state index contributed by atoms with van der Waals surface area (Å²) in [7, 11) is 0. The molecule has 0 saturated heterocycles. The van der Waals surface area contributed by atoms with Crippen LogP contribution in [0.5, 0.6) is 23.0 Å². The van der Waals surface area contributed by atoms with E-state index in [4.69, 9.17) is 21.3 Å². The van der Waals surface area contributed by atoms with Crippen molar-refractivity contribution in [3.8, 4) is 56.4 Å². The zero-order valence-corrected chi connectivity index (χ0v) is 30.0. The molecule has 0 saturated carbocycles. The van der Waals surface area contributed by atoms with Crippen LogP contribution in [0.3, 0.4) is 0 Å². The molecule has 2 aliphatic rings. The number of rotatable bonds is 4. The van der Waals surface area contributed by atoms with Crippen LogP contribution in [0.25, 0.3) is 54.9 Å². The van der Waals surface area contributed by atoms with E-state index in [0.29, 0.717) is 0 Å². The average molecular weight is 705 g/mol. The van der Waals surface area contributed by atoms with Crippen LogP contribution in [-0.2, 0) is 11.8 Å². The molecular formula is C48H33O2PS. The van der Waals surface area contributed by atoms with Crippen molar-refractivity contribution in [1.82, 2.24) is 0 Å². The summed E-state index contributed by atoms with van der Waals surface area (Å²) in [5, 5.41) is 7.78. The third kappa shape index (κ3) is 5.13. The lowest BCUT2D eigenvalue weighted by Gasteiger charge is -2.39. The van der Waals surface area contributed by atoms with E-state index in [1.165, 1.54) is 0 Å². The highest BCUT2D eigenvalue weighted by Crippen LogP contribution is 2.62. The van der Waals surface area contributed by atoms with E-state index in [9.17, 15) is 0 Å². The first kappa shape index (κ1) is 32.0. The minimum atomic E-state index is -2.71. The molecule has 0 N–H and O–H groups in total. The standard InChI is InChI=1S/C44H27O2PS.C4H6/c48-47-42-36-17-9-7-15-30(36)19-22-38(42)45-40-24-21-35(41(44(40)47)46-39-23-20-31-16-8-10-18-37(31)43(39)47)34-26-32(28-11-3-1-4-12-28)25-33(27-34)29-13-5-2-6-14-29;1-3-4-2/h1-27H;3-4H,1-2H2. The van der Waals surface area contributed by atoms with E-state index >= 15 is 0 Å². The van der Waals surface area contributed by atoms with Crippen molar-refractivity contribution < 1.29 is 9.47 Å². The van der Waals surface area contributed by atoms with Gasteiger partial charge < -0.3 is 9.47 Å². The maximum atomic E-state index is 7.18. The summed E-state index contributed by atoms with van der Waals surface area (Å²) in [6, 6.07) is 55.1. The number of fused-ring (bicyclic) bond motifs is 8. The molecule has 0 bridgehead atoms. The van der Waals surface area contributed by atoms with E-state index in [-0.39, 0.29) is 0 Å². The number of benzene rings is 8. The normalized spacial score (nSPS) is 14.8. The summed E-state index contributed by atoms with van der Waals surface area (Å²) in [5.41, 5.74) is 6.69. The van der Waals surface area contributed by atoms with Crippen molar-refractivity contribution in [3.63, 3.8) is 0 Å². The highest BCUT2D eigenvalue weighted by atomic mass is 32.4. The molecule has 1 unspecified atom stereocenters. The van der Waals surface area contributed by atoms with Crippen molar-refractivity contribution in [2.45, 2.75) is 0 Å². The van der Waals surface area contributed by atoms with Gasteiger partial charge in [0.25, 0.3) is 0 Å². The molecule has 2 aliphatic heterocycles. The number of hydrogen-bond acceptors (Lipinski definition) is 3. The van der Waals surface area contributed by atoms with Crippen LogP contribution in [0.1, 0.15) is 0 Å². The average Bonchev–Trinajstić information content (AvgIpc) is 3.21. The van der Waals surface area contributed by atoms with Crippen LogP contribution in [0.4, 0.5) is 0 Å². The molecule has 8 aromatic carbocycles. The molecule has 10 rings (SSSR count). The first-order chi connectivity index (χ1) is 25.6. The van der Waals surface area contributed by atoms with Gasteiger partial charge >= 0.3 is 0 Å². The minimum Gasteiger partial charge on any atom is -0.456 e. The Kier molecular flexibility index (Phi) is 7.97. The molecule has 1 atom stereocenters. The van der Waals surface area contributed by atoms with Gasteiger partial charge in [-0.05, 0) is 91.8 Å². The molecule has 0 amide bonds. The summed E-state index contributed by atoms with van der Waals surface area (Å²) in [6.45, 7) is 6.72. The Morgan fingerprint density at radius 2 is 0.865 bits per heavy atom. The Labute approximate surface area is 309 Å². The first-order valence-corrected chi connectivity index (χ1v) is 20.1. The van der Waals surface area contributed by atoms with Crippen molar-refractivity contribution in [1.29, 1.82) is 0 Å². The maximum absolute atomic E-state index is 7.18. The molecule has 2 heterocycles. The third-order valence-corrected chi connectivity index (χ3v) is 14.7. The Hall–Kier alpha value is -5.99. The van der Waals surface area contributed by atoms with Gasteiger partial charge in [-0.3, -0.25) is 0 Å². The highest BCUT2D eigenvalue weighted by molar-refractivity contribution is 8.26. The zero-order valence-electron chi connectivity index (χ0n) is 28.3. The van der Waals surface area contributed by atoms with E-state index < -0.39 is 6.04 Å². The van der Waals surface area contributed by atoms with Gasteiger partial charge in [-0.15, -0.1) is 0 Å². The smallest absolute Gasteiger partial charge is 0.148 e. The fourth-order valence-corrected chi connectivity index (χ4v) is 12.6. The van der Waals surface area contributed by atoms with Gasteiger partial charge in [-0.2, -0.15) is 0 Å². The molecular weight excluding hydrogens is 672 g/mol. The van der Waals surface area contributed by atoms with Gasteiger partial charge in [-0.1, -0.05) is 158 Å². The molecule has 0 aliphatic carbocycles. The molecule has 4 heteroatoms. The van der Waals surface area contributed by atoms with Crippen molar-refractivity contribution in [2.75, 3.05) is 0 Å². The van der Waals surface area contributed by atoms with Gasteiger partial charge in [0.15, 0.2) is 0 Å². The lowest BCUT2D eigenvalue weighted by molar-refractivity contribution is 0.468. The number of hydrogen-bond donors (Lipinski definition) is 0. The molecule has 0 spiro atoms. The second kappa shape index (κ2) is 13.0. The zero-order chi connectivity index (χ0) is 35.2. The molecule has 52 heavy (non-hydrogen) atoms. The van der Waals surface area contributed by atoms with Crippen LogP contribution < -0.4 is 25.4 Å². The lowest BCUT2D eigenvalue weighted by Crippen LogP contribution is -2.36. The Morgan fingerprint density at radius 1 is 0.423 bits per heavy atom. The first-order valence-electron chi connectivity index (χ1n) is 17.3. The van der Waals surface area contributed by atoms with Crippen molar-refractivity contribution in [2.24, 2.45) is 0 Å². The third-order valence-electron chi connectivity index (χ3n) is 9.82. The quantitative estimate of drug-likeness (QED) is 0.134. The summed E-state index contributed by atoms with van der Waals surface area (Å²) in [4.78, 5) is 0. The van der Waals surface area contributed by atoms with Gasteiger partial charge in [0.1, 0.15) is 23.0 Å². The van der Waals surface area contributed by atoms with E-state index in [1.807, 2.05) is 0 Å². The predicted molar refractivity (Wildman–Crippen MR) is 224 cm³/mol. The number of ether oxygens (including phenoxy) is 2. The topological polar surface area (TPSA) is 18.5 Å². The second-order valence-electron chi connectivity index (χ2n) is 12.9. The van der Waals surface area contributed by atoms with Crippen LogP contribution in [0, 0.1) is 0 Å². The molecule has 2 nitrogen and oxygen atoms in total. The molecule has 8 aromatic rings. The largest absolute Gasteiger partial charge is 0.456 e. The molecule has 0 aromatic heterocycles. The second-order valence-corrected chi connectivity index (χ2v) is 17.1. The summed E-state index contributed by atoms with van der Waals surface area (Å²) in [6.07, 6.45) is 3.28. The van der Waals surface area contributed by atoms with E-state index in [2.05, 4.69) is 177 Å². The highest BCUT2D eigenvalue weighted by Gasteiger charge is 2.45. The van der Waals surface area contributed by atoms with E-state index in [0.717, 1.165) is 93.8 Å². The lowest BCUT2D eigenvalue weighted by atomic mass is 9.93. The molecule has 0 radical (unpaired) electrons.